The summed E-state index contributed by atoms with van der Waals surface area (Å²) in [6.07, 6.45) is -2.62. The Morgan fingerprint density at radius 2 is 1.76 bits per heavy atom. The molecule has 3 aromatic rings. The highest BCUT2D eigenvalue weighted by Crippen LogP contribution is 2.26. The number of β-amino-alcohol motifs (C(OH)–C–C–N with tert-alkyl or cyclic N) is 1. The number of phenols is 1. The number of carbonyl (C=O) groups is 3. The van der Waals surface area contributed by atoms with Gasteiger partial charge in [-0.05, 0) is 61.2 Å². The Morgan fingerprint density at radius 3 is 2.45 bits per heavy atom. The molecule has 0 spiro atoms. The van der Waals surface area contributed by atoms with Crippen molar-refractivity contribution in [3.63, 3.8) is 0 Å². The third-order valence-corrected chi connectivity index (χ3v) is 8.04. The molecule has 0 radical (unpaired) electrons. The molecule has 11 heteroatoms. The van der Waals surface area contributed by atoms with E-state index < -0.39 is 42.0 Å². The molecule has 222 valence electrons. The fourth-order valence-corrected chi connectivity index (χ4v) is 5.78. The molecule has 1 heterocycles. The minimum atomic E-state index is -1.74. The first-order chi connectivity index (χ1) is 20.0. The molecule has 0 saturated carbocycles. The first-order valence-electron chi connectivity index (χ1n) is 13.5. The van der Waals surface area contributed by atoms with Crippen LogP contribution in [0.5, 0.6) is 5.75 Å². The Labute approximate surface area is 254 Å². The van der Waals surface area contributed by atoms with E-state index >= 15 is 0 Å². The van der Waals surface area contributed by atoms with Crippen molar-refractivity contribution in [2.45, 2.75) is 57.5 Å². The van der Waals surface area contributed by atoms with Crippen molar-refractivity contribution in [2.24, 2.45) is 0 Å². The standard InChI is InChI=1S/C31H33Cl2N3O6/c1-17-11-20(32)13-24(33)23(17)15-34-30(41)26-14-21(37)16-36(26)31(42)28(39)25(12-19-7-4-3-5-8-19)35-29(40)22-9-6-10-27(38)18(22)2/h3-11,13,21,25-26,28,37-39H,12,14-16H2,1-2H3,(H,34,41)(H,35,40)/t21-,25+,26+,28+/m1/s1. The van der Waals surface area contributed by atoms with Crippen LogP contribution in [0.4, 0.5) is 0 Å². The van der Waals surface area contributed by atoms with E-state index in [9.17, 15) is 29.7 Å². The lowest BCUT2D eigenvalue weighted by atomic mass is 9.98. The monoisotopic (exact) mass is 613 g/mol. The number of carbonyl (C=O) groups excluding carboxylic acids is 3. The van der Waals surface area contributed by atoms with Crippen molar-refractivity contribution < 1.29 is 29.7 Å². The van der Waals surface area contributed by atoms with Gasteiger partial charge in [0.05, 0.1) is 12.1 Å². The zero-order valence-electron chi connectivity index (χ0n) is 23.2. The number of benzene rings is 3. The summed E-state index contributed by atoms with van der Waals surface area (Å²) in [5, 5.41) is 38.1. The number of nitrogens with one attached hydrogen (secondary N) is 2. The Balaban J connectivity index is 1.53. The Bertz CT molecular complexity index is 1450. The van der Waals surface area contributed by atoms with Gasteiger partial charge in [0, 0.05) is 40.7 Å². The predicted molar refractivity (Wildman–Crippen MR) is 159 cm³/mol. The van der Waals surface area contributed by atoms with Gasteiger partial charge in [0.25, 0.3) is 11.8 Å². The number of aryl methyl sites for hydroxylation is 1. The first-order valence-corrected chi connectivity index (χ1v) is 14.2. The number of halogens is 2. The molecule has 1 fully saturated rings. The van der Waals surface area contributed by atoms with Crippen molar-refractivity contribution >= 4 is 40.9 Å². The molecule has 0 unspecified atom stereocenters. The summed E-state index contributed by atoms with van der Waals surface area (Å²) in [6.45, 7) is 3.32. The topological polar surface area (TPSA) is 139 Å². The van der Waals surface area contributed by atoms with Crippen molar-refractivity contribution in [3.05, 3.63) is 98.5 Å². The van der Waals surface area contributed by atoms with E-state index in [0.717, 1.165) is 16.0 Å². The third kappa shape index (κ3) is 7.22. The summed E-state index contributed by atoms with van der Waals surface area (Å²) in [7, 11) is 0. The number of aliphatic hydroxyl groups excluding tert-OH is 2. The van der Waals surface area contributed by atoms with Crippen LogP contribution in [0, 0.1) is 13.8 Å². The lowest BCUT2D eigenvalue weighted by Crippen LogP contribution is -2.55. The molecule has 1 aliphatic heterocycles. The average Bonchev–Trinajstić information content (AvgIpc) is 3.34. The molecule has 0 bridgehead atoms. The maximum atomic E-state index is 13.7. The van der Waals surface area contributed by atoms with Gasteiger partial charge >= 0.3 is 0 Å². The second-order valence-electron chi connectivity index (χ2n) is 10.5. The van der Waals surface area contributed by atoms with Crippen LogP contribution in [0.3, 0.4) is 0 Å². The quantitative estimate of drug-likeness (QED) is 0.251. The van der Waals surface area contributed by atoms with E-state index in [1.165, 1.54) is 18.2 Å². The number of rotatable bonds is 9. The SMILES string of the molecule is Cc1cc(Cl)cc(Cl)c1CNC(=O)[C@@H]1C[C@@H](O)CN1C(=O)[C@@H](O)[C@H](Cc1ccccc1)NC(=O)c1cccc(O)c1C. The van der Waals surface area contributed by atoms with Crippen molar-refractivity contribution in [2.75, 3.05) is 6.54 Å². The van der Waals surface area contributed by atoms with E-state index in [1.807, 2.05) is 13.0 Å². The molecule has 1 saturated heterocycles. The fourth-order valence-electron chi connectivity index (χ4n) is 5.12. The smallest absolute Gasteiger partial charge is 0.254 e. The lowest BCUT2D eigenvalue weighted by molar-refractivity contribution is -0.146. The van der Waals surface area contributed by atoms with Gasteiger partial charge < -0.3 is 30.9 Å². The number of phenolic OH excluding ortho intramolecular Hbond substituents is 1. The molecule has 3 amide bonds. The highest BCUT2D eigenvalue weighted by atomic mass is 35.5. The zero-order chi connectivity index (χ0) is 30.6. The minimum Gasteiger partial charge on any atom is -0.508 e. The van der Waals surface area contributed by atoms with Gasteiger partial charge in [-0.15, -0.1) is 0 Å². The van der Waals surface area contributed by atoms with Crippen LogP contribution >= 0.6 is 23.2 Å². The van der Waals surface area contributed by atoms with Gasteiger partial charge in [-0.2, -0.15) is 0 Å². The van der Waals surface area contributed by atoms with Gasteiger partial charge in [0.2, 0.25) is 5.91 Å². The maximum absolute atomic E-state index is 13.7. The summed E-state index contributed by atoms with van der Waals surface area (Å²) < 4.78 is 0. The van der Waals surface area contributed by atoms with E-state index in [4.69, 9.17) is 23.2 Å². The highest BCUT2D eigenvalue weighted by Gasteiger charge is 2.43. The highest BCUT2D eigenvalue weighted by molar-refractivity contribution is 6.35. The molecule has 5 N–H and O–H groups in total. The minimum absolute atomic E-state index is 0.0180. The van der Waals surface area contributed by atoms with Crippen molar-refractivity contribution in [3.8, 4) is 5.75 Å². The van der Waals surface area contributed by atoms with Gasteiger partial charge in [-0.3, -0.25) is 14.4 Å². The zero-order valence-corrected chi connectivity index (χ0v) is 24.7. The number of hydrogen-bond acceptors (Lipinski definition) is 6. The molecule has 0 aliphatic carbocycles. The van der Waals surface area contributed by atoms with E-state index in [0.29, 0.717) is 21.2 Å². The Hall–Kier alpha value is -3.63. The summed E-state index contributed by atoms with van der Waals surface area (Å²) in [6, 6.07) is 14.7. The maximum Gasteiger partial charge on any atom is 0.254 e. The van der Waals surface area contributed by atoms with Crippen LogP contribution in [-0.2, 0) is 22.6 Å². The predicted octanol–water partition coefficient (Wildman–Crippen LogP) is 3.30. The second-order valence-corrected chi connectivity index (χ2v) is 11.3. The van der Waals surface area contributed by atoms with Crippen LogP contribution in [0.15, 0.2) is 60.7 Å². The molecule has 1 aliphatic rings. The number of hydrogen-bond donors (Lipinski definition) is 5. The molecular weight excluding hydrogens is 581 g/mol. The summed E-state index contributed by atoms with van der Waals surface area (Å²) in [5.41, 5.74) is 2.75. The first kappa shape index (κ1) is 31.3. The van der Waals surface area contributed by atoms with Gasteiger partial charge in [0.15, 0.2) is 6.10 Å². The Morgan fingerprint density at radius 1 is 1.05 bits per heavy atom. The molecular formula is C31H33Cl2N3O6. The normalized spacial score (nSPS) is 17.9. The van der Waals surface area contributed by atoms with Crippen LogP contribution in [-0.4, -0.2) is 68.8 Å². The summed E-state index contributed by atoms with van der Waals surface area (Å²) in [4.78, 5) is 41.2. The number of nitrogens with zero attached hydrogens (tertiary/aromatic N) is 1. The molecule has 4 rings (SSSR count). The third-order valence-electron chi connectivity index (χ3n) is 7.49. The van der Waals surface area contributed by atoms with Gasteiger partial charge in [-0.25, -0.2) is 0 Å². The van der Waals surface area contributed by atoms with E-state index in [1.54, 1.807) is 43.3 Å². The molecule has 3 aromatic carbocycles. The number of amides is 3. The molecule has 42 heavy (non-hydrogen) atoms. The number of aromatic hydroxyl groups is 1. The molecule has 9 nitrogen and oxygen atoms in total. The van der Waals surface area contributed by atoms with Crippen LogP contribution in [0.1, 0.15) is 39.0 Å². The second kappa shape index (κ2) is 13.6. The average molecular weight is 615 g/mol. The van der Waals surface area contributed by atoms with Crippen LogP contribution in [0.2, 0.25) is 10.0 Å². The van der Waals surface area contributed by atoms with E-state index in [2.05, 4.69) is 10.6 Å². The lowest BCUT2D eigenvalue weighted by Gasteiger charge is -2.30. The number of aliphatic hydroxyl groups is 2. The van der Waals surface area contributed by atoms with Crippen molar-refractivity contribution in [1.29, 1.82) is 0 Å². The fraction of sp³-hybridized carbons (Fsp3) is 0.323. The Kier molecular flexibility index (Phi) is 10.1. The van der Waals surface area contributed by atoms with Gasteiger partial charge in [0.1, 0.15) is 11.8 Å². The molecule has 0 aromatic heterocycles. The largest absolute Gasteiger partial charge is 0.508 e. The number of likely N-dealkylation sites (tertiary alicyclic amines) is 1. The summed E-state index contributed by atoms with van der Waals surface area (Å²) in [5.74, 6) is -1.96. The van der Waals surface area contributed by atoms with E-state index in [-0.39, 0.29) is 37.2 Å². The van der Waals surface area contributed by atoms with Gasteiger partial charge in [-0.1, -0.05) is 59.6 Å². The molecule has 4 atom stereocenters. The van der Waals surface area contributed by atoms with Crippen LogP contribution in [0.25, 0.3) is 0 Å². The summed E-state index contributed by atoms with van der Waals surface area (Å²) >= 11 is 12.3. The van der Waals surface area contributed by atoms with Crippen LogP contribution < -0.4 is 10.6 Å². The van der Waals surface area contributed by atoms with Crippen molar-refractivity contribution in [1.82, 2.24) is 15.5 Å².